The molecule has 0 saturated carbocycles. The molecule has 0 atom stereocenters. The van der Waals surface area contributed by atoms with E-state index in [0.29, 0.717) is 22.1 Å². The maximum absolute atomic E-state index is 10.6. The fourth-order valence-electron chi connectivity index (χ4n) is 1.36. The zero-order chi connectivity index (χ0) is 13.8. The van der Waals surface area contributed by atoms with Gasteiger partial charge in [0.05, 0.1) is 27.0 Å². The second-order valence-corrected chi connectivity index (χ2v) is 4.09. The summed E-state index contributed by atoms with van der Waals surface area (Å²) < 4.78 is 0. The summed E-state index contributed by atoms with van der Waals surface area (Å²) in [6.45, 7) is 0. The van der Waals surface area contributed by atoms with Gasteiger partial charge in [-0.3, -0.25) is 10.1 Å². The normalized spacial score (nSPS) is 10.8. The van der Waals surface area contributed by atoms with Gasteiger partial charge in [0, 0.05) is 12.1 Å². The van der Waals surface area contributed by atoms with Gasteiger partial charge in [-0.2, -0.15) is 10.2 Å². The van der Waals surface area contributed by atoms with Crippen molar-refractivity contribution < 1.29 is 4.92 Å². The predicted molar refractivity (Wildman–Crippen MR) is 73.1 cm³/mol. The van der Waals surface area contributed by atoms with E-state index in [0.717, 1.165) is 0 Å². The summed E-state index contributed by atoms with van der Waals surface area (Å²) in [4.78, 5) is 10.1. The number of benzene rings is 2. The molecule has 7 heteroatoms. The molecule has 0 radical (unpaired) electrons. The number of hydrogen-bond acceptors (Lipinski definition) is 5. The van der Waals surface area contributed by atoms with Crippen LogP contribution in [0.1, 0.15) is 0 Å². The first-order valence-electron chi connectivity index (χ1n) is 5.27. The molecule has 0 amide bonds. The number of nitro benzene ring substituents is 1. The number of nitrogens with zero attached hydrogens (tertiary/aromatic N) is 3. The molecule has 0 aliphatic carbocycles. The van der Waals surface area contributed by atoms with Crippen molar-refractivity contribution >= 4 is 34.4 Å². The largest absolute Gasteiger partial charge is 0.398 e. The molecule has 0 bridgehead atoms. The predicted octanol–water partition coefficient (Wildman–Crippen LogP) is 4.25. The van der Waals surface area contributed by atoms with E-state index in [9.17, 15) is 10.1 Å². The lowest BCUT2D eigenvalue weighted by Crippen LogP contribution is -1.85. The number of anilines is 1. The van der Waals surface area contributed by atoms with Crippen molar-refractivity contribution in [2.24, 2.45) is 10.2 Å². The Morgan fingerprint density at radius 2 is 1.79 bits per heavy atom. The quantitative estimate of drug-likeness (QED) is 0.393. The van der Waals surface area contributed by atoms with Crippen LogP contribution in [0.3, 0.4) is 0 Å². The number of nitrogens with two attached hydrogens (primary N) is 1. The molecule has 2 aromatic carbocycles. The second-order valence-electron chi connectivity index (χ2n) is 3.68. The Hall–Kier alpha value is -2.47. The summed E-state index contributed by atoms with van der Waals surface area (Å²) in [7, 11) is 0. The number of rotatable bonds is 3. The van der Waals surface area contributed by atoms with E-state index in [1.807, 2.05) is 0 Å². The molecular formula is C12H9ClN4O2. The first kappa shape index (κ1) is 13.0. The summed E-state index contributed by atoms with van der Waals surface area (Å²) in [5, 5.41) is 18.8. The first-order valence-corrected chi connectivity index (χ1v) is 5.65. The van der Waals surface area contributed by atoms with Crippen LogP contribution >= 0.6 is 11.6 Å². The Labute approximate surface area is 113 Å². The van der Waals surface area contributed by atoms with Gasteiger partial charge in [-0.25, -0.2) is 0 Å². The van der Waals surface area contributed by atoms with Crippen molar-refractivity contribution in [3.8, 4) is 0 Å². The average molecular weight is 277 g/mol. The Balaban J connectivity index is 2.24. The maximum atomic E-state index is 10.6. The number of hydrogen-bond donors (Lipinski definition) is 1. The highest BCUT2D eigenvalue weighted by molar-refractivity contribution is 6.33. The van der Waals surface area contributed by atoms with Crippen LogP contribution in [-0.2, 0) is 0 Å². The molecule has 0 aliphatic heterocycles. The minimum atomic E-state index is -0.487. The fourth-order valence-corrected chi connectivity index (χ4v) is 1.54. The van der Waals surface area contributed by atoms with Crippen molar-refractivity contribution in [3.05, 3.63) is 57.6 Å². The third kappa shape index (κ3) is 3.26. The number of non-ortho nitro benzene ring substituents is 1. The van der Waals surface area contributed by atoms with E-state index in [1.165, 1.54) is 12.1 Å². The number of azo groups is 1. The smallest absolute Gasteiger partial charge is 0.271 e. The third-order valence-electron chi connectivity index (χ3n) is 2.31. The molecule has 96 valence electrons. The van der Waals surface area contributed by atoms with Crippen molar-refractivity contribution in [2.75, 3.05) is 5.73 Å². The minimum absolute atomic E-state index is 0.0354. The number of nitrogen functional groups attached to an aromatic ring is 1. The van der Waals surface area contributed by atoms with E-state index >= 15 is 0 Å². The number of nitro groups is 1. The van der Waals surface area contributed by atoms with Crippen LogP contribution in [0.25, 0.3) is 0 Å². The summed E-state index contributed by atoms with van der Waals surface area (Å²) in [6.07, 6.45) is 0. The summed E-state index contributed by atoms with van der Waals surface area (Å²) in [5.41, 5.74) is 6.90. The van der Waals surface area contributed by atoms with Gasteiger partial charge in [0.1, 0.15) is 0 Å². The third-order valence-corrected chi connectivity index (χ3v) is 2.63. The lowest BCUT2D eigenvalue weighted by Gasteiger charge is -1.98. The van der Waals surface area contributed by atoms with E-state index in [2.05, 4.69) is 10.2 Å². The van der Waals surface area contributed by atoms with Gasteiger partial charge in [-0.05, 0) is 24.3 Å². The molecule has 0 heterocycles. The van der Waals surface area contributed by atoms with Crippen LogP contribution in [0.5, 0.6) is 0 Å². The molecule has 19 heavy (non-hydrogen) atoms. The minimum Gasteiger partial charge on any atom is -0.398 e. The SMILES string of the molecule is Nc1ccc(/N=N/c2cccc([N+](=O)[O-])c2)cc1Cl. The Morgan fingerprint density at radius 3 is 2.42 bits per heavy atom. The lowest BCUT2D eigenvalue weighted by atomic mass is 10.3. The first-order chi connectivity index (χ1) is 9.06. The van der Waals surface area contributed by atoms with Crippen molar-refractivity contribution in [3.63, 3.8) is 0 Å². The van der Waals surface area contributed by atoms with Gasteiger partial charge in [-0.15, -0.1) is 0 Å². The van der Waals surface area contributed by atoms with Crippen LogP contribution in [0.4, 0.5) is 22.7 Å². The molecule has 0 spiro atoms. The topological polar surface area (TPSA) is 93.9 Å². The summed E-state index contributed by atoms with van der Waals surface area (Å²) in [5.74, 6) is 0. The fraction of sp³-hybridized carbons (Fsp3) is 0. The molecule has 0 saturated heterocycles. The zero-order valence-corrected chi connectivity index (χ0v) is 10.4. The molecule has 2 N–H and O–H groups in total. The Morgan fingerprint density at radius 1 is 1.11 bits per heavy atom. The lowest BCUT2D eigenvalue weighted by molar-refractivity contribution is -0.384. The van der Waals surface area contributed by atoms with Gasteiger partial charge in [-0.1, -0.05) is 17.7 Å². The molecule has 0 aliphatic rings. The van der Waals surface area contributed by atoms with E-state index in [-0.39, 0.29) is 5.69 Å². The number of halogens is 1. The van der Waals surface area contributed by atoms with Crippen LogP contribution in [0.15, 0.2) is 52.7 Å². The van der Waals surface area contributed by atoms with Gasteiger partial charge in [0.25, 0.3) is 5.69 Å². The highest BCUT2D eigenvalue weighted by Crippen LogP contribution is 2.27. The van der Waals surface area contributed by atoms with Crippen LogP contribution in [0, 0.1) is 10.1 Å². The van der Waals surface area contributed by atoms with Crippen molar-refractivity contribution in [1.29, 1.82) is 0 Å². The molecule has 0 aromatic heterocycles. The van der Waals surface area contributed by atoms with Gasteiger partial charge in [0.2, 0.25) is 0 Å². The molecular weight excluding hydrogens is 268 g/mol. The molecule has 0 fully saturated rings. The Bertz CT molecular complexity index is 658. The highest BCUT2D eigenvalue weighted by atomic mass is 35.5. The highest BCUT2D eigenvalue weighted by Gasteiger charge is 2.04. The standard InChI is InChI=1S/C12H9ClN4O2/c13-11-7-9(4-5-12(11)14)16-15-8-2-1-3-10(6-8)17(18)19/h1-7H,14H2/b16-15+. The van der Waals surface area contributed by atoms with E-state index in [1.54, 1.807) is 30.3 Å². The summed E-state index contributed by atoms with van der Waals surface area (Å²) in [6, 6.07) is 10.7. The Kier molecular flexibility index (Phi) is 3.72. The van der Waals surface area contributed by atoms with Gasteiger partial charge in [0.15, 0.2) is 0 Å². The molecule has 2 rings (SSSR count). The van der Waals surface area contributed by atoms with Crippen LogP contribution in [-0.4, -0.2) is 4.92 Å². The molecule has 2 aromatic rings. The maximum Gasteiger partial charge on any atom is 0.271 e. The summed E-state index contributed by atoms with van der Waals surface area (Å²) >= 11 is 5.85. The van der Waals surface area contributed by atoms with Gasteiger partial charge >= 0.3 is 0 Å². The molecule has 0 unspecified atom stereocenters. The second kappa shape index (κ2) is 5.45. The van der Waals surface area contributed by atoms with Crippen LogP contribution in [0.2, 0.25) is 5.02 Å². The van der Waals surface area contributed by atoms with Gasteiger partial charge < -0.3 is 5.73 Å². The van der Waals surface area contributed by atoms with Crippen LogP contribution < -0.4 is 5.73 Å². The molecule has 6 nitrogen and oxygen atoms in total. The van der Waals surface area contributed by atoms with Crippen molar-refractivity contribution in [1.82, 2.24) is 0 Å². The van der Waals surface area contributed by atoms with E-state index < -0.39 is 4.92 Å². The van der Waals surface area contributed by atoms with Crippen molar-refractivity contribution in [2.45, 2.75) is 0 Å². The van der Waals surface area contributed by atoms with E-state index in [4.69, 9.17) is 17.3 Å². The monoisotopic (exact) mass is 276 g/mol. The zero-order valence-electron chi connectivity index (χ0n) is 9.65. The average Bonchev–Trinajstić information content (AvgIpc) is 2.40.